The predicted octanol–water partition coefficient (Wildman–Crippen LogP) is 3.88. The summed E-state index contributed by atoms with van der Waals surface area (Å²) in [5, 5.41) is 13.4. The molecule has 1 aromatic carbocycles. The predicted molar refractivity (Wildman–Crippen MR) is 127 cm³/mol. The summed E-state index contributed by atoms with van der Waals surface area (Å²) in [6.45, 7) is 9.34. The molecule has 0 radical (unpaired) electrons. The smallest absolute Gasteiger partial charge is 0.410 e. The van der Waals surface area contributed by atoms with Crippen LogP contribution in [0.3, 0.4) is 0 Å². The monoisotopic (exact) mass is 495 g/mol. The number of benzene rings is 1. The van der Waals surface area contributed by atoms with Gasteiger partial charge in [-0.05, 0) is 71.6 Å². The third-order valence-corrected chi connectivity index (χ3v) is 6.32. The van der Waals surface area contributed by atoms with Crippen LogP contribution in [-0.2, 0) is 20.7 Å². The van der Waals surface area contributed by atoms with Gasteiger partial charge in [-0.25, -0.2) is 9.59 Å². The number of hydrogen-bond acceptors (Lipinski definition) is 5. The first-order valence-corrected chi connectivity index (χ1v) is 11.8. The SMILES string of the molecule is CC(C)(C)OC(=O)N1CCC[C@](Cc2ccc(Cl)cc2)(NC(=O)[C@H]2COC(C)(C)N2C(=O)O)C1. The highest BCUT2D eigenvalue weighted by atomic mass is 35.5. The summed E-state index contributed by atoms with van der Waals surface area (Å²) in [4.78, 5) is 40.8. The molecular weight excluding hydrogens is 462 g/mol. The molecule has 188 valence electrons. The Morgan fingerprint density at radius 2 is 1.88 bits per heavy atom. The Labute approximate surface area is 205 Å². The molecule has 2 fully saturated rings. The van der Waals surface area contributed by atoms with E-state index in [-0.39, 0.29) is 13.2 Å². The fourth-order valence-electron chi connectivity index (χ4n) is 4.60. The molecule has 2 aliphatic rings. The van der Waals surface area contributed by atoms with Crippen molar-refractivity contribution in [2.75, 3.05) is 19.7 Å². The van der Waals surface area contributed by atoms with Crippen molar-refractivity contribution in [1.82, 2.24) is 15.1 Å². The number of carboxylic acid groups (broad SMARTS) is 1. The molecule has 0 unspecified atom stereocenters. The standard InChI is InChI=1S/C24H34ClN3O6/c1-22(2,3)34-21(32)27-12-6-11-24(15-27,13-16-7-9-17(25)10-8-16)26-19(29)18-14-33-23(4,5)28(18)20(30)31/h7-10,18H,6,11-15H2,1-5H3,(H,26,29)(H,30,31)/t18-,24-/m1/s1. The molecule has 0 spiro atoms. The molecule has 0 aromatic heterocycles. The Balaban J connectivity index is 1.87. The zero-order valence-corrected chi connectivity index (χ0v) is 21.1. The van der Waals surface area contributed by atoms with Crippen molar-refractivity contribution in [3.8, 4) is 0 Å². The first kappa shape index (κ1) is 26.1. The van der Waals surface area contributed by atoms with Crippen LogP contribution in [0.4, 0.5) is 9.59 Å². The minimum absolute atomic E-state index is 0.0437. The molecule has 1 aromatic rings. The van der Waals surface area contributed by atoms with Crippen LogP contribution < -0.4 is 5.32 Å². The number of carbonyl (C=O) groups is 3. The fourth-order valence-corrected chi connectivity index (χ4v) is 4.73. The van der Waals surface area contributed by atoms with E-state index in [0.717, 1.165) is 10.5 Å². The third-order valence-electron chi connectivity index (χ3n) is 6.07. The zero-order valence-electron chi connectivity index (χ0n) is 20.4. The zero-order chi connectivity index (χ0) is 25.3. The van der Waals surface area contributed by atoms with Gasteiger partial charge in [0.15, 0.2) is 0 Å². The van der Waals surface area contributed by atoms with Gasteiger partial charge < -0.3 is 24.8 Å². The van der Waals surface area contributed by atoms with Crippen molar-refractivity contribution >= 4 is 29.7 Å². The van der Waals surface area contributed by atoms with Crippen molar-refractivity contribution in [2.45, 2.75) is 76.8 Å². The highest BCUT2D eigenvalue weighted by Crippen LogP contribution is 2.31. The molecule has 0 aliphatic carbocycles. The number of hydrogen-bond donors (Lipinski definition) is 2. The van der Waals surface area contributed by atoms with E-state index < -0.39 is 41.0 Å². The molecule has 3 rings (SSSR count). The summed E-state index contributed by atoms with van der Waals surface area (Å²) in [6.07, 6.45) is 0.0414. The van der Waals surface area contributed by atoms with E-state index in [1.807, 2.05) is 12.1 Å². The summed E-state index contributed by atoms with van der Waals surface area (Å²) in [6, 6.07) is 6.33. The molecule has 2 saturated heterocycles. The molecular formula is C24H34ClN3O6. The molecule has 2 atom stereocenters. The second-order valence-electron chi connectivity index (χ2n) is 10.5. The fraction of sp³-hybridized carbons (Fsp3) is 0.625. The van der Waals surface area contributed by atoms with Crippen LogP contribution in [0.1, 0.15) is 53.0 Å². The summed E-state index contributed by atoms with van der Waals surface area (Å²) in [5.41, 5.74) is -1.64. The number of ether oxygens (including phenoxy) is 2. The molecule has 34 heavy (non-hydrogen) atoms. The Hall–Kier alpha value is -2.52. The molecule has 2 heterocycles. The Morgan fingerprint density at radius 3 is 2.47 bits per heavy atom. The average molecular weight is 496 g/mol. The van der Waals surface area contributed by atoms with E-state index in [1.54, 1.807) is 51.7 Å². The van der Waals surface area contributed by atoms with Crippen LogP contribution in [0, 0.1) is 0 Å². The molecule has 9 nitrogen and oxygen atoms in total. The molecule has 0 saturated carbocycles. The number of piperidine rings is 1. The third kappa shape index (κ3) is 6.13. The Morgan fingerprint density at radius 1 is 1.24 bits per heavy atom. The van der Waals surface area contributed by atoms with Crippen LogP contribution in [-0.4, -0.2) is 75.6 Å². The second kappa shape index (κ2) is 9.62. The number of amides is 3. The van der Waals surface area contributed by atoms with Gasteiger partial charge >= 0.3 is 12.2 Å². The lowest BCUT2D eigenvalue weighted by molar-refractivity contribution is -0.128. The molecule has 0 bridgehead atoms. The number of likely N-dealkylation sites (tertiary alicyclic amines) is 1. The average Bonchev–Trinajstić information content (AvgIpc) is 3.04. The van der Waals surface area contributed by atoms with E-state index >= 15 is 0 Å². The highest BCUT2D eigenvalue weighted by Gasteiger charge is 2.49. The molecule has 3 amide bonds. The highest BCUT2D eigenvalue weighted by molar-refractivity contribution is 6.30. The van der Waals surface area contributed by atoms with Crippen molar-refractivity contribution in [2.24, 2.45) is 0 Å². The van der Waals surface area contributed by atoms with Crippen LogP contribution in [0.2, 0.25) is 5.02 Å². The van der Waals surface area contributed by atoms with Crippen LogP contribution in [0.15, 0.2) is 24.3 Å². The quantitative estimate of drug-likeness (QED) is 0.656. The van der Waals surface area contributed by atoms with Gasteiger partial charge in [0.05, 0.1) is 12.1 Å². The van der Waals surface area contributed by atoms with Crippen LogP contribution >= 0.6 is 11.6 Å². The minimum atomic E-state index is -1.23. The normalized spacial score (nSPS) is 24.6. The maximum atomic E-state index is 13.4. The van der Waals surface area contributed by atoms with Crippen LogP contribution in [0.5, 0.6) is 0 Å². The van der Waals surface area contributed by atoms with E-state index in [9.17, 15) is 19.5 Å². The summed E-state index contributed by atoms with van der Waals surface area (Å²) in [7, 11) is 0. The Bertz CT molecular complexity index is 930. The van der Waals surface area contributed by atoms with E-state index in [4.69, 9.17) is 21.1 Å². The van der Waals surface area contributed by atoms with Crippen molar-refractivity contribution in [3.63, 3.8) is 0 Å². The first-order valence-electron chi connectivity index (χ1n) is 11.4. The number of halogens is 1. The van der Waals surface area contributed by atoms with E-state index in [1.165, 1.54) is 0 Å². The van der Waals surface area contributed by atoms with Gasteiger partial charge in [-0.3, -0.25) is 9.69 Å². The van der Waals surface area contributed by atoms with E-state index in [0.29, 0.717) is 30.8 Å². The number of nitrogens with zero attached hydrogens (tertiary/aromatic N) is 2. The summed E-state index contributed by atoms with van der Waals surface area (Å²) in [5.74, 6) is -0.451. The van der Waals surface area contributed by atoms with Crippen LogP contribution in [0.25, 0.3) is 0 Å². The topological polar surface area (TPSA) is 108 Å². The minimum Gasteiger partial charge on any atom is -0.465 e. The van der Waals surface area contributed by atoms with Gasteiger partial charge in [-0.15, -0.1) is 0 Å². The molecule has 10 heteroatoms. The second-order valence-corrected chi connectivity index (χ2v) is 10.9. The van der Waals surface area contributed by atoms with Gasteiger partial charge in [-0.1, -0.05) is 23.7 Å². The first-order chi connectivity index (χ1) is 15.7. The van der Waals surface area contributed by atoms with Gasteiger partial charge in [0.25, 0.3) is 0 Å². The number of nitrogens with one attached hydrogen (secondary N) is 1. The van der Waals surface area contributed by atoms with Gasteiger partial charge in [0, 0.05) is 18.1 Å². The van der Waals surface area contributed by atoms with E-state index in [2.05, 4.69) is 5.32 Å². The largest absolute Gasteiger partial charge is 0.465 e. The summed E-state index contributed by atoms with van der Waals surface area (Å²) < 4.78 is 11.2. The maximum Gasteiger partial charge on any atom is 0.410 e. The lowest BCUT2D eigenvalue weighted by Crippen LogP contribution is -2.64. The summed E-state index contributed by atoms with van der Waals surface area (Å²) >= 11 is 6.04. The lowest BCUT2D eigenvalue weighted by atomic mass is 9.82. The van der Waals surface area contributed by atoms with Gasteiger partial charge in [-0.2, -0.15) is 0 Å². The maximum absolute atomic E-state index is 13.4. The van der Waals surface area contributed by atoms with Crippen molar-refractivity contribution in [3.05, 3.63) is 34.9 Å². The van der Waals surface area contributed by atoms with Crippen molar-refractivity contribution in [1.29, 1.82) is 0 Å². The molecule has 2 N–H and O–H groups in total. The van der Waals surface area contributed by atoms with Gasteiger partial charge in [0.2, 0.25) is 5.91 Å². The van der Waals surface area contributed by atoms with Gasteiger partial charge in [0.1, 0.15) is 17.4 Å². The van der Waals surface area contributed by atoms with Crippen molar-refractivity contribution < 1.29 is 29.0 Å². The molecule has 2 aliphatic heterocycles. The number of carbonyl (C=O) groups excluding carboxylic acids is 2. The lowest BCUT2D eigenvalue weighted by Gasteiger charge is -2.44. The number of rotatable bonds is 4. The Kier molecular flexibility index (Phi) is 7.38.